The Morgan fingerprint density at radius 3 is 2.07 bits per heavy atom. The average Bonchev–Trinajstić information content (AvgIpc) is 3.72. The lowest BCUT2D eigenvalue weighted by molar-refractivity contribution is -0.221. The van der Waals surface area contributed by atoms with Crippen LogP contribution in [0, 0.1) is 5.92 Å². The molecule has 4 aromatic rings. The number of ether oxygens (including phenoxy) is 1. The maximum Gasteiger partial charge on any atom is 0.471 e. The van der Waals surface area contributed by atoms with Crippen LogP contribution in [-0.4, -0.2) is 59.2 Å². The van der Waals surface area contributed by atoms with Crippen molar-refractivity contribution in [3.63, 3.8) is 0 Å². The van der Waals surface area contributed by atoms with Gasteiger partial charge in [0.25, 0.3) is 5.91 Å². The van der Waals surface area contributed by atoms with Gasteiger partial charge in [-0.1, -0.05) is 93.8 Å². The molecule has 0 radical (unpaired) electrons. The second-order valence-corrected chi connectivity index (χ2v) is 16.2. The Bertz CT molecular complexity index is 1940. The summed E-state index contributed by atoms with van der Waals surface area (Å²) < 4.78 is 53.9. The van der Waals surface area contributed by atoms with Gasteiger partial charge in [0.15, 0.2) is 12.6 Å². The number of carbonyl (C=O) groups excluding carboxylic acids is 3. The Hall–Kier alpha value is -4.63. The molecule has 314 valence electrons. The fourth-order valence-electron chi connectivity index (χ4n) is 5.94. The van der Waals surface area contributed by atoms with Crippen molar-refractivity contribution in [2.24, 2.45) is 5.92 Å². The van der Waals surface area contributed by atoms with Crippen molar-refractivity contribution in [2.75, 3.05) is 20.1 Å². The third-order valence-electron chi connectivity index (χ3n) is 8.82. The lowest BCUT2D eigenvalue weighted by Crippen LogP contribution is -2.48. The summed E-state index contributed by atoms with van der Waals surface area (Å²) in [5, 5.41) is 6.31. The number of hydrogen-bond donors (Lipinski definition) is 4. The molecule has 2 unspecified atom stereocenters. The molecule has 16 nitrogen and oxygen atoms in total. The smallest absolute Gasteiger partial charge is 0.471 e. The highest BCUT2D eigenvalue weighted by molar-refractivity contribution is 7.62. The molecule has 3 aromatic carbocycles. The van der Waals surface area contributed by atoms with E-state index in [-0.39, 0.29) is 43.1 Å². The van der Waals surface area contributed by atoms with Crippen LogP contribution < -0.4 is 20.7 Å². The van der Waals surface area contributed by atoms with Crippen molar-refractivity contribution in [2.45, 2.75) is 72.1 Å². The molecule has 3 amide bonds. The zero-order valence-electron chi connectivity index (χ0n) is 32.7. The highest BCUT2D eigenvalue weighted by Gasteiger charge is 2.33. The number of phosphoric acid groups is 1. The molecule has 0 aliphatic carbocycles. The lowest BCUT2D eigenvalue weighted by atomic mass is 9.90. The zero-order valence-corrected chi connectivity index (χ0v) is 34.5. The van der Waals surface area contributed by atoms with Crippen LogP contribution in [0.1, 0.15) is 74.6 Å². The largest absolute Gasteiger partial charge is 0.494 e. The van der Waals surface area contributed by atoms with E-state index in [9.17, 15) is 23.5 Å². The first-order valence-electron chi connectivity index (χ1n) is 18.9. The van der Waals surface area contributed by atoms with E-state index in [4.69, 9.17) is 32.8 Å². The predicted octanol–water partition coefficient (Wildman–Crippen LogP) is 6.83. The van der Waals surface area contributed by atoms with Crippen molar-refractivity contribution in [3.05, 3.63) is 108 Å². The Balaban J connectivity index is 1.49. The van der Waals surface area contributed by atoms with E-state index in [1.54, 1.807) is 31.2 Å². The minimum atomic E-state index is -4.86. The van der Waals surface area contributed by atoms with E-state index in [1.807, 2.05) is 74.5 Å². The molecule has 0 bridgehead atoms. The summed E-state index contributed by atoms with van der Waals surface area (Å²) in [6.07, 6.45) is 3.28. The topological polar surface area (TPSA) is 212 Å². The van der Waals surface area contributed by atoms with E-state index in [1.165, 1.54) is 6.07 Å². The monoisotopic (exact) mass is 843 g/mol. The minimum absolute atomic E-state index is 0.0127. The molecule has 1 aromatic heterocycles. The van der Waals surface area contributed by atoms with Gasteiger partial charge in [-0.15, -0.1) is 0 Å². The molecule has 0 aliphatic heterocycles. The van der Waals surface area contributed by atoms with Gasteiger partial charge in [0.2, 0.25) is 12.3 Å². The first kappa shape index (κ1) is 46.1. The molecule has 58 heavy (non-hydrogen) atoms. The normalized spacial score (nSPS) is 12.7. The van der Waals surface area contributed by atoms with Crippen molar-refractivity contribution in [3.8, 4) is 17.1 Å². The number of unbranched alkanes of at least 4 members (excludes halogenated alkanes) is 2. The van der Waals surface area contributed by atoms with Gasteiger partial charge >= 0.3 is 15.4 Å². The van der Waals surface area contributed by atoms with E-state index in [2.05, 4.69) is 15.2 Å². The van der Waals surface area contributed by atoms with Crippen LogP contribution >= 0.6 is 15.4 Å². The minimum Gasteiger partial charge on any atom is -0.494 e. The highest BCUT2D eigenvalue weighted by Crippen LogP contribution is 2.50. The van der Waals surface area contributed by atoms with Gasteiger partial charge in [-0.2, -0.15) is 0 Å². The summed E-state index contributed by atoms with van der Waals surface area (Å²) in [7, 11) is -8.86. The Morgan fingerprint density at radius 2 is 1.50 bits per heavy atom. The van der Waals surface area contributed by atoms with Crippen LogP contribution in [0.15, 0.2) is 95.4 Å². The van der Waals surface area contributed by atoms with Gasteiger partial charge in [-0.3, -0.25) is 23.5 Å². The van der Waals surface area contributed by atoms with Crippen LogP contribution in [0.2, 0.25) is 0 Å². The number of hydroxylamine groups is 2. The Morgan fingerprint density at radius 1 is 0.845 bits per heavy atom. The number of phosphoric ester groups is 1. The predicted molar refractivity (Wildman–Crippen MR) is 214 cm³/mol. The van der Waals surface area contributed by atoms with Crippen molar-refractivity contribution >= 4 is 38.9 Å². The van der Waals surface area contributed by atoms with E-state index < -0.39 is 46.0 Å². The zero-order chi connectivity index (χ0) is 42.0. The van der Waals surface area contributed by atoms with Crippen molar-refractivity contribution < 1.29 is 60.9 Å². The fraction of sp³-hybridized carbons (Fsp3) is 0.375. The molecule has 0 saturated carbocycles. The number of furan rings is 1. The van der Waals surface area contributed by atoms with Gasteiger partial charge in [0.05, 0.1) is 43.8 Å². The molecule has 4 N–H and O–H groups in total. The van der Waals surface area contributed by atoms with Crippen LogP contribution in [0.3, 0.4) is 0 Å². The summed E-state index contributed by atoms with van der Waals surface area (Å²) in [5.74, 6) is -1.36. The fourth-order valence-corrected chi connectivity index (χ4v) is 7.72. The first-order valence-corrected chi connectivity index (χ1v) is 21.9. The second-order valence-electron chi connectivity index (χ2n) is 13.0. The van der Waals surface area contributed by atoms with E-state index >= 15 is 0 Å². The summed E-state index contributed by atoms with van der Waals surface area (Å²) in [5.41, 5.74) is 2.03. The van der Waals surface area contributed by atoms with Gasteiger partial charge in [-0.05, 0) is 61.2 Å². The SMILES string of the molecule is CCCCCC(C(=O)NCNC(=O)c1ccc(-c2cc(OCC)cc(P(=O)(OCc3ccccc3)OCc3ccccc3)c2)o1)C(CC)N(C=O)OCOP(=O)(O)O. The summed E-state index contributed by atoms with van der Waals surface area (Å²) in [6.45, 7) is 4.67. The van der Waals surface area contributed by atoms with E-state index in [0.717, 1.165) is 29.0 Å². The van der Waals surface area contributed by atoms with Crippen LogP contribution in [0.25, 0.3) is 11.3 Å². The molecule has 4 rings (SSSR count). The summed E-state index contributed by atoms with van der Waals surface area (Å²) in [4.78, 5) is 61.6. The van der Waals surface area contributed by atoms with Gasteiger partial charge < -0.3 is 38.6 Å². The summed E-state index contributed by atoms with van der Waals surface area (Å²) in [6, 6.07) is 25.7. The highest BCUT2D eigenvalue weighted by atomic mass is 31.2. The average molecular weight is 844 g/mol. The quantitative estimate of drug-likeness (QED) is 0.0168. The van der Waals surface area contributed by atoms with E-state index in [0.29, 0.717) is 37.2 Å². The Labute approximate surface area is 337 Å². The molecule has 0 spiro atoms. The van der Waals surface area contributed by atoms with Gasteiger partial charge in [0.1, 0.15) is 11.5 Å². The molecule has 2 atom stereocenters. The molecular formula is C40H51N3O13P2. The second kappa shape index (κ2) is 23.1. The van der Waals surface area contributed by atoms with Gasteiger partial charge in [-0.25, -0.2) is 14.5 Å². The third-order valence-corrected chi connectivity index (χ3v) is 11.1. The molecule has 1 heterocycles. The maximum absolute atomic E-state index is 14.6. The molecular weight excluding hydrogens is 792 g/mol. The van der Waals surface area contributed by atoms with Crippen LogP contribution in [-0.2, 0) is 50.3 Å². The molecule has 0 aliphatic rings. The van der Waals surface area contributed by atoms with Gasteiger partial charge in [0, 0.05) is 5.56 Å². The number of amides is 3. The Kier molecular flexibility index (Phi) is 18.3. The number of rotatable bonds is 26. The summed E-state index contributed by atoms with van der Waals surface area (Å²) >= 11 is 0. The van der Waals surface area contributed by atoms with Crippen molar-refractivity contribution in [1.82, 2.24) is 15.7 Å². The number of nitrogens with zero attached hydrogens (tertiary/aromatic N) is 1. The molecule has 0 saturated heterocycles. The molecule has 0 fully saturated rings. The third kappa shape index (κ3) is 14.3. The van der Waals surface area contributed by atoms with Crippen molar-refractivity contribution in [1.29, 1.82) is 0 Å². The number of hydrogen-bond acceptors (Lipinski definition) is 11. The van der Waals surface area contributed by atoms with Crippen LogP contribution in [0.4, 0.5) is 0 Å². The number of nitrogens with one attached hydrogen (secondary N) is 2. The molecule has 18 heteroatoms. The standard InChI is InChI=1S/C40H51N3O13P2/c1-4-7-10-19-35(36(5-2)43(28-44)52-29-55-58(48,49)50)39(45)41-27-42-40(46)38-21-20-37(56-38)32-22-33(51-6-3)24-34(23-32)57(47,53-25-30-15-11-8-12-16-30)54-26-31-17-13-9-14-18-31/h8-9,11-18,20-24,28,35-36H,4-7,10,19,25-27,29H2,1-3H3,(H,41,45)(H,42,46)(H2,48,49,50). The maximum atomic E-state index is 14.6. The first-order chi connectivity index (χ1) is 27.9. The number of carbonyl (C=O) groups is 3. The number of benzene rings is 3. The lowest BCUT2D eigenvalue weighted by Gasteiger charge is -2.32. The van der Waals surface area contributed by atoms with Crippen LogP contribution in [0.5, 0.6) is 5.75 Å².